The Bertz CT molecular complexity index is 784. The van der Waals surface area contributed by atoms with Crippen molar-refractivity contribution < 1.29 is 32.6 Å². The largest absolute Gasteiger partial charge is 0.452 e. The molecule has 26 heavy (non-hydrogen) atoms. The fraction of sp³-hybridized carbons (Fsp3) is 0.118. The van der Waals surface area contributed by atoms with Gasteiger partial charge < -0.3 is 14.8 Å². The maximum atomic E-state index is 12.3. The lowest BCUT2D eigenvalue weighted by Gasteiger charge is -2.10. The molecule has 0 radical (unpaired) electrons. The molecule has 0 aliphatic rings. The molecule has 0 saturated heterocycles. The van der Waals surface area contributed by atoms with Crippen LogP contribution in [-0.4, -0.2) is 31.1 Å². The van der Waals surface area contributed by atoms with Crippen LogP contribution in [0, 0.1) is 0 Å². The summed E-state index contributed by atoms with van der Waals surface area (Å²) in [6.07, 6.45) is 0. The van der Waals surface area contributed by atoms with Gasteiger partial charge in [-0.1, -0.05) is 30.3 Å². The van der Waals surface area contributed by atoms with Gasteiger partial charge in [0.1, 0.15) is 11.3 Å². The highest BCUT2D eigenvalue weighted by molar-refractivity contribution is 6.02. The van der Waals surface area contributed by atoms with Crippen LogP contribution in [0.2, 0.25) is 0 Å². The highest BCUT2D eigenvalue weighted by Crippen LogP contribution is 2.21. The van der Waals surface area contributed by atoms with E-state index in [1.165, 1.54) is 18.2 Å². The number of benzene rings is 2. The number of esters is 1. The van der Waals surface area contributed by atoms with Gasteiger partial charge in [-0.2, -0.15) is 8.78 Å². The van der Waals surface area contributed by atoms with Crippen LogP contribution in [0.1, 0.15) is 10.4 Å². The molecule has 0 heterocycles. The number of hydrogen-bond acceptors (Lipinski definition) is 5. The third kappa shape index (κ3) is 5.86. The lowest BCUT2D eigenvalue weighted by Crippen LogP contribution is -2.37. The average Bonchev–Trinajstić information content (AvgIpc) is 2.60. The zero-order chi connectivity index (χ0) is 18.9. The molecule has 0 spiro atoms. The summed E-state index contributed by atoms with van der Waals surface area (Å²) in [5, 5.41) is 4.37. The molecule has 2 aromatic rings. The number of hydrogen-bond donors (Lipinski definition) is 2. The molecule has 9 heteroatoms. The minimum atomic E-state index is -3.12. The van der Waals surface area contributed by atoms with E-state index in [-0.39, 0.29) is 11.3 Å². The van der Waals surface area contributed by atoms with E-state index < -0.39 is 31.1 Å². The second-order valence-corrected chi connectivity index (χ2v) is 4.82. The summed E-state index contributed by atoms with van der Waals surface area (Å²) in [6.45, 7) is -3.89. The fourth-order valence-corrected chi connectivity index (χ4v) is 1.89. The predicted molar refractivity (Wildman–Crippen MR) is 87.0 cm³/mol. The Morgan fingerprint density at radius 2 is 1.62 bits per heavy atom. The Morgan fingerprint density at radius 1 is 0.962 bits per heavy atom. The van der Waals surface area contributed by atoms with Crippen LogP contribution in [0.5, 0.6) is 5.75 Å². The number of carbonyl (C=O) groups excluding carboxylic acids is 3. The maximum absolute atomic E-state index is 12.3. The van der Waals surface area contributed by atoms with Crippen molar-refractivity contribution in [3.63, 3.8) is 0 Å². The zero-order valence-electron chi connectivity index (χ0n) is 13.3. The molecular weight excluding hydrogens is 350 g/mol. The van der Waals surface area contributed by atoms with E-state index in [0.717, 1.165) is 6.07 Å². The van der Waals surface area contributed by atoms with Crippen molar-refractivity contribution in [2.24, 2.45) is 0 Å². The summed E-state index contributed by atoms with van der Waals surface area (Å²) >= 11 is 0. The molecule has 2 rings (SSSR count). The smallest absolute Gasteiger partial charge is 0.387 e. The van der Waals surface area contributed by atoms with Gasteiger partial charge in [0.15, 0.2) is 6.61 Å². The monoisotopic (exact) mass is 364 g/mol. The molecule has 0 atom stereocenters. The average molecular weight is 364 g/mol. The third-order valence-electron chi connectivity index (χ3n) is 2.94. The molecule has 0 fully saturated rings. The fourth-order valence-electron chi connectivity index (χ4n) is 1.89. The highest BCUT2D eigenvalue weighted by Gasteiger charge is 2.18. The van der Waals surface area contributed by atoms with E-state index >= 15 is 0 Å². The number of rotatable bonds is 6. The van der Waals surface area contributed by atoms with Crippen LogP contribution in [0.15, 0.2) is 54.6 Å². The third-order valence-corrected chi connectivity index (χ3v) is 2.94. The minimum Gasteiger partial charge on any atom is -0.452 e. The number of nitrogens with one attached hydrogen (secondary N) is 2. The van der Waals surface area contributed by atoms with Gasteiger partial charge >= 0.3 is 18.6 Å². The van der Waals surface area contributed by atoms with Gasteiger partial charge in [-0.05, 0) is 24.3 Å². The summed E-state index contributed by atoms with van der Waals surface area (Å²) in [7, 11) is 0. The number of amides is 3. The molecule has 0 bridgehead atoms. The Hall–Kier alpha value is -3.49. The first kappa shape index (κ1) is 18.8. The number of alkyl halides is 2. The van der Waals surface area contributed by atoms with Gasteiger partial charge in [0.2, 0.25) is 0 Å². The van der Waals surface area contributed by atoms with Gasteiger partial charge in [0, 0.05) is 5.69 Å². The molecule has 7 nitrogen and oxygen atoms in total. The van der Waals surface area contributed by atoms with Crippen LogP contribution in [0.3, 0.4) is 0 Å². The van der Waals surface area contributed by atoms with E-state index in [0.29, 0.717) is 5.69 Å². The van der Waals surface area contributed by atoms with Gasteiger partial charge in [-0.3, -0.25) is 10.1 Å². The van der Waals surface area contributed by atoms with Gasteiger partial charge in [-0.15, -0.1) is 0 Å². The van der Waals surface area contributed by atoms with Crippen LogP contribution < -0.4 is 15.4 Å². The summed E-state index contributed by atoms with van der Waals surface area (Å²) in [5.41, 5.74) is 0.196. The molecule has 0 aliphatic heterocycles. The summed E-state index contributed by atoms with van der Waals surface area (Å²) in [6, 6.07) is 12.7. The minimum absolute atomic E-state index is 0.269. The van der Waals surface area contributed by atoms with Crippen molar-refractivity contribution in [1.82, 2.24) is 5.32 Å². The second kappa shape index (κ2) is 9.11. The van der Waals surface area contributed by atoms with Crippen molar-refractivity contribution in [2.45, 2.75) is 6.61 Å². The topological polar surface area (TPSA) is 93.7 Å². The van der Waals surface area contributed by atoms with E-state index in [2.05, 4.69) is 10.1 Å². The first-order valence-corrected chi connectivity index (χ1v) is 7.32. The highest BCUT2D eigenvalue weighted by atomic mass is 19.3. The number of urea groups is 1. The molecule has 0 aliphatic carbocycles. The van der Waals surface area contributed by atoms with E-state index in [9.17, 15) is 23.2 Å². The van der Waals surface area contributed by atoms with Crippen LogP contribution in [0.4, 0.5) is 19.3 Å². The predicted octanol–water partition coefficient (Wildman–Crippen LogP) is 2.79. The second-order valence-electron chi connectivity index (χ2n) is 4.82. The molecule has 0 unspecified atom stereocenters. The first-order chi connectivity index (χ1) is 12.5. The summed E-state index contributed by atoms with van der Waals surface area (Å²) < 4.78 is 33.5. The van der Waals surface area contributed by atoms with E-state index in [1.54, 1.807) is 30.3 Å². The van der Waals surface area contributed by atoms with Crippen molar-refractivity contribution >= 4 is 23.6 Å². The van der Waals surface area contributed by atoms with Crippen molar-refractivity contribution in [2.75, 3.05) is 11.9 Å². The zero-order valence-corrected chi connectivity index (χ0v) is 13.3. The van der Waals surface area contributed by atoms with Crippen LogP contribution in [-0.2, 0) is 9.53 Å². The van der Waals surface area contributed by atoms with Crippen LogP contribution >= 0.6 is 0 Å². The molecule has 0 saturated carbocycles. The molecule has 2 aromatic carbocycles. The first-order valence-electron chi connectivity index (χ1n) is 7.32. The van der Waals surface area contributed by atoms with Crippen molar-refractivity contribution in [3.05, 3.63) is 60.2 Å². The SMILES string of the molecule is O=C(COC(=O)c1ccccc1OC(F)F)NC(=O)Nc1ccccc1. The standard InChI is InChI=1S/C17H14F2N2O5/c18-16(19)26-13-9-5-4-8-12(13)15(23)25-10-14(22)21-17(24)20-11-6-2-1-3-7-11/h1-9,16H,10H2,(H2,20,21,22,24). The Balaban J connectivity index is 1.85. The van der Waals surface area contributed by atoms with Crippen molar-refractivity contribution in [3.8, 4) is 5.75 Å². The van der Waals surface area contributed by atoms with E-state index in [4.69, 9.17) is 4.74 Å². The molecule has 136 valence electrons. The Kier molecular flexibility index (Phi) is 6.60. The Morgan fingerprint density at radius 3 is 2.31 bits per heavy atom. The van der Waals surface area contributed by atoms with Gasteiger partial charge in [-0.25, -0.2) is 9.59 Å². The number of imide groups is 1. The maximum Gasteiger partial charge on any atom is 0.387 e. The molecule has 0 aromatic heterocycles. The van der Waals surface area contributed by atoms with Gasteiger partial charge in [0.25, 0.3) is 5.91 Å². The van der Waals surface area contributed by atoms with Crippen LogP contribution in [0.25, 0.3) is 0 Å². The van der Waals surface area contributed by atoms with Crippen molar-refractivity contribution in [1.29, 1.82) is 0 Å². The lowest BCUT2D eigenvalue weighted by atomic mass is 10.2. The number of ether oxygens (including phenoxy) is 2. The van der Waals surface area contributed by atoms with E-state index in [1.807, 2.05) is 5.32 Å². The summed E-state index contributed by atoms with van der Waals surface area (Å²) in [5.74, 6) is -2.31. The lowest BCUT2D eigenvalue weighted by molar-refractivity contribution is -0.123. The normalized spacial score (nSPS) is 10.1. The molecular formula is C17H14F2N2O5. The number of anilines is 1. The number of halogens is 2. The molecule has 2 N–H and O–H groups in total. The van der Waals surface area contributed by atoms with Gasteiger partial charge in [0.05, 0.1) is 0 Å². The Labute approximate surface area is 146 Å². The summed E-state index contributed by atoms with van der Waals surface area (Å²) in [4.78, 5) is 35.2. The molecule has 3 amide bonds. The quantitative estimate of drug-likeness (QED) is 0.769. The number of para-hydroxylation sites is 2. The number of carbonyl (C=O) groups is 3.